The van der Waals surface area contributed by atoms with Crippen LogP contribution in [0, 0.1) is 11.3 Å². The molecule has 88 valence electrons. The minimum absolute atomic E-state index is 0.108. The second-order valence-electron chi connectivity index (χ2n) is 3.95. The number of hydrogen-bond acceptors (Lipinski definition) is 3. The molecule has 4 nitrogen and oxygen atoms in total. The van der Waals surface area contributed by atoms with Crippen molar-refractivity contribution >= 4 is 17.5 Å². The third-order valence-corrected chi connectivity index (χ3v) is 3.09. The molecule has 1 atom stereocenters. The number of hydrogen-bond donors (Lipinski definition) is 1. The van der Waals surface area contributed by atoms with Gasteiger partial charge in [-0.3, -0.25) is 4.79 Å². The molecular weight excluding hydrogens is 240 g/mol. The van der Waals surface area contributed by atoms with Gasteiger partial charge in [0.25, 0.3) is 5.91 Å². The van der Waals surface area contributed by atoms with Gasteiger partial charge in [0.05, 0.1) is 11.6 Å². The lowest BCUT2D eigenvalue weighted by Crippen LogP contribution is -2.34. The molecule has 1 aliphatic heterocycles. The molecular formula is C12H11ClN2O2. The van der Waals surface area contributed by atoms with Gasteiger partial charge in [0.2, 0.25) is 0 Å². The van der Waals surface area contributed by atoms with Crippen LogP contribution in [0.1, 0.15) is 23.2 Å². The van der Waals surface area contributed by atoms with Crippen LogP contribution in [0.5, 0.6) is 5.75 Å². The summed E-state index contributed by atoms with van der Waals surface area (Å²) in [5, 5.41) is 18.9. The van der Waals surface area contributed by atoms with Crippen molar-refractivity contribution in [3.05, 3.63) is 28.8 Å². The lowest BCUT2D eigenvalue weighted by molar-refractivity contribution is 0.0762. The van der Waals surface area contributed by atoms with E-state index in [1.54, 1.807) is 0 Å². The summed E-state index contributed by atoms with van der Waals surface area (Å²) in [4.78, 5) is 13.6. The molecule has 1 aromatic rings. The molecule has 0 spiro atoms. The Morgan fingerprint density at radius 2 is 2.35 bits per heavy atom. The third kappa shape index (κ3) is 2.20. The maximum absolute atomic E-state index is 12.1. The van der Waals surface area contributed by atoms with Crippen LogP contribution in [0.3, 0.4) is 0 Å². The molecule has 2 rings (SSSR count). The van der Waals surface area contributed by atoms with Gasteiger partial charge >= 0.3 is 0 Å². The van der Waals surface area contributed by atoms with Crippen LogP contribution in [-0.4, -0.2) is 28.5 Å². The molecule has 1 heterocycles. The molecule has 1 fully saturated rings. The Kier molecular flexibility index (Phi) is 3.21. The fraction of sp³-hybridized carbons (Fsp3) is 0.333. The summed E-state index contributed by atoms with van der Waals surface area (Å²) in [6.45, 7) is 0.545. The number of likely N-dealkylation sites (tertiary alicyclic amines) is 1. The van der Waals surface area contributed by atoms with Crippen LogP contribution in [0.2, 0.25) is 5.02 Å². The first-order chi connectivity index (χ1) is 8.13. The van der Waals surface area contributed by atoms with E-state index in [-0.39, 0.29) is 17.2 Å². The molecule has 1 aliphatic rings. The van der Waals surface area contributed by atoms with Crippen LogP contribution < -0.4 is 0 Å². The number of phenols is 1. The highest BCUT2D eigenvalue weighted by molar-refractivity contribution is 6.31. The number of nitrogens with zero attached hydrogens (tertiary/aromatic N) is 2. The summed E-state index contributed by atoms with van der Waals surface area (Å²) in [5.74, 6) is -0.447. The standard InChI is InChI=1S/C12H11ClN2O2/c13-8-3-4-11(16)10(6-8)12(17)15-5-1-2-9(15)7-14/h3-4,6,9,16H,1-2,5H2. The van der Waals surface area contributed by atoms with Crippen molar-refractivity contribution in [1.82, 2.24) is 4.90 Å². The molecule has 17 heavy (non-hydrogen) atoms. The molecule has 0 bridgehead atoms. The largest absolute Gasteiger partial charge is 0.507 e. The van der Waals surface area contributed by atoms with Crippen LogP contribution in [0.4, 0.5) is 0 Å². The van der Waals surface area contributed by atoms with Crippen molar-refractivity contribution in [2.24, 2.45) is 0 Å². The second-order valence-corrected chi connectivity index (χ2v) is 4.38. The number of rotatable bonds is 1. The normalized spacial score (nSPS) is 19.1. The first-order valence-electron chi connectivity index (χ1n) is 5.32. The zero-order chi connectivity index (χ0) is 12.4. The molecule has 1 N–H and O–H groups in total. The third-order valence-electron chi connectivity index (χ3n) is 2.85. The molecule has 0 aromatic heterocycles. The second kappa shape index (κ2) is 4.64. The predicted octanol–water partition coefficient (Wildman–Crippen LogP) is 2.17. The Labute approximate surface area is 104 Å². The molecule has 1 amide bonds. The van der Waals surface area contributed by atoms with Gasteiger partial charge in [-0.25, -0.2) is 0 Å². The van der Waals surface area contributed by atoms with Crippen molar-refractivity contribution in [2.45, 2.75) is 18.9 Å². The SMILES string of the molecule is N#CC1CCCN1C(=O)c1cc(Cl)ccc1O. The number of aromatic hydroxyl groups is 1. The van der Waals surface area contributed by atoms with Crippen LogP contribution in [0.25, 0.3) is 0 Å². The topological polar surface area (TPSA) is 64.3 Å². The lowest BCUT2D eigenvalue weighted by atomic mass is 10.1. The number of carbonyl (C=O) groups is 1. The summed E-state index contributed by atoms with van der Waals surface area (Å²) in [5.41, 5.74) is 0.152. The van der Waals surface area contributed by atoms with Gasteiger partial charge in [0, 0.05) is 11.6 Å². The van der Waals surface area contributed by atoms with Gasteiger partial charge in [0.1, 0.15) is 11.8 Å². The monoisotopic (exact) mass is 250 g/mol. The zero-order valence-electron chi connectivity index (χ0n) is 9.06. The van der Waals surface area contributed by atoms with Crippen molar-refractivity contribution in [3.8, 4) is 11.8 Å². The highest BCUT2D eigenvalue weighted by Crippen LogP contribution is 2.26. The van der Waals surface area contributed by atoms with E-state index in [2.05, 4.69) is 6.07 Å². The van der Waals surface area contributed by atoms with Crippen molar-refractivity contribution in [1.29, 1.82) is 5.26 Å². The van der Waals surface area contributed by atoms with Crippen LogP contribution in [0.15, 0.2) is 18.2 Å². The van der Waals surface area contributed by atoms with Crippen LogP contribution >= 0.6 is 11.6 Å². The molecule has 0 saturated carbocycles. The van der Waals surface area contributed by atoms with Gasteiger partial charge in [-0.05, 0) is 31.0 Å². The van der Waals surface area contributed by atoms with E-state index in [4.69, 9.17) is 16.9 Å². The quantitative estimate of drug-likeness (QED) is 0.831. The van der Waals surface area contributed by atoms with E-state index in [0.29, 0.717) is 18.0 Å². The maximum Gasteiger partial charge on any atom is 0.258 e. The van der Waals surface area contributed by atoms with Crippen molar-refractivity contribution < 1.29 is 9.90 Å². The molecule has 0 aliphatic carbocycles. The average molecular weight is 251 g/mol. The molecule has 5 heteroatoms. The highest BCUT2D eigenvalue weighted by Gasteiger charge is 2.30. The minimum Gasteiger partial charge on any atom is -0.507 e. The van der Waals surface area contributed by atoms with Gasteiger partial charge in [0.15, 0.2) is 0 Å². The average Bonchev–Trinajstić information content (AvgIpc) is 2.79. The predicted molar refractivity (Wildman–Crippen MR) is 62.8 cm³/mol. The van der Waals surface area contributed by atoms with Crippen molar-refractivity contribution in [3.63, 3.8) is 0 Å². The summed E-state index contributed by atoms with van der Waals surface area (Å²) in [7, 11) is 0. The fourth-order valence-electron chi connectivity index (χ4n) is 1.98. The van der Waals surface area contributed by atoms with E-state index < -0.39 is 6.04 Å². The Morgan fingerprint density at radius 3 is 3.06 bits per heavy atom. The molecule has 0 radical (unpaired) electrons. The number of benzene rings is 1. The summed E-state index contributed by atoms with van der Waals surface area (Å²) in [6.07, 6.45) is 1.49. The fourth-order valence-corrected chi connectivity index (χ4v) is 2.15. The lowest BCUT2D eigenvalue weighted by Gasteiger charge is -2.20. The Balaban J connectivity index is 2.31. The van der Waals surface area contributed by atoms with Gasteiger partial charge in [-0.15, -0.1) is 0 Å². The van der Waals surface area contributed by atoms with E-state index in [1.807, 2.05) is 0 Å². The van der Waals surface area contributed by atoms with Gasteiger partial charge < -0.3 is 10.0 Å². The number of halogens is 1. The van der Waals surface area contributed by atoms with Gasteiger partial charge in [-0.2, -0.15) is 5.26 Å². The van der Waals surface area contributed by atoms with E-state index in [0.717, 1.165) is 6.42 Å². The van der Waals surface area contributed by atoms with E-state index in [1.165, 1.54) is 23.1 Å². The Bertz CT molecular complexity index is 496. The van der Waals surface area contributed by atoms with Crippen molar-refractivity contribution in [2.75, 3.05) is 6.54 Å². The summed E-state index contributed by atoms with van der Waals surface area (Å²) < 4.78 is 0. The Hall–Kier alpha value is -1.73. The smallest absolute Gasteiger partial charge is 0.258 e. The maximum atomic E-state index is 12.1. The number of carbonyl (C=O) groups excluding carboxylic acids is 1. The molecule has 1 saturated heterocycles. The van der Waals surface area contributed by atoms with Gasteiger partial charge in [-0.1, -0.05) is 11.6 Å². The molecule has 1 unspecified atom stereocenters. The first kappa shape index (κ1) is 11.7. The minimum atomic E-state index is -0.402. The number of amides is 1. The summed E-state index contributed by atoms with van der Waals surface area (Å²) >= 11 is 5.79. The molecule has 1 aromatic carbocycles. The zero-order valence-corrected chi connectivity index (χ0v) is 9.81. The Morgan fingerprint density at radius 1 is 1.59 bits per heavy atom. The van der Waals surface area contributed by atoms with E-state index >= 15 is 0 Å². The number of phenolic OH excluding ortho intramolecular Hbond substituents is 1. The number of nitriles is 1. The summed E-state index contributed by atoms with van der Waals surface area (Å²) in [6, 6.07) is 6.01. The van der Waals surface area contributed by atoms with E-state index in [9.17, 15) is 9.90 Å². The van der Waals surface area contributed by atoms with Crippen LogP contribution in [-0.2, 0) is 0 Å². The first-order valence-corrected chi connectivity index (χ1v) is 5.70. The highest BCUT2D eigenvalue weighted by atomic mass is 35.5.